The molecule has 1 aliphatic heterocycles. The number of likely N-dealkylation sites (tertiary alicyclic amines) is 1. The quantitative estimate of drug-likeness (QED) is 0.309. The molecular weight excluding hydrogens is 612 g/mol. The van der Waals surface area contributed by atoms with Crippen LogP contribution in [0, 0.1) is 12.3 Å². The maximum atomic E-state index is 14.4. The van der Waals surface area contributed by atoms with E-state index in [1.807, 2.05) is 19.1 Å². The molecule has 13 heteroatoms. The van der Waals surface area contributed by atoms with E-state index >= 15 is 0 Å². The van der Waals surface area contributed by atoms with Crippen LogP contribution in [-0.2, 0) is 20.8 Å². The number of aryl methyl sites for hydroxylation is 1. The summed E-state index contributed by atoms with van der Waals surface area (Å²) in [6.07, 6.45) is 1.74. The van der Waals surface area contributed by atoms with Crippen molar-refractivity contribution in [3.63, 3.8) is 0 Å². The third kappa shape index (κ3) is 6.90. The van der Waals surface area contributed by atoms with E-state index in [1.54, 1.807) is 58.2 Å². The zero-order chi connectivity index (χ0) is 34.5. The number of hydrogen-bond donors (Lipinski definition) is 1. The standard InChI is InChI=1S/C34H43F2N5O6/c1-20-14-26(45-6)23(21-10-12-41(28(20)21)31(44)47-32(2,3)4)16-40-13-11-33(18-34(35,36)19-33)15-25(40)22-8-9-24(30(43)46-7)38-29(22)39(5)17-27(37)42/h8-10,12,14,25H,11,13,15-19H2,1-7H3,(H2,37,42). The summed E-state index contributed by atoms with van der Waals surface area (Å²) in [5.41, 5.74) is 7.30. The van der Waals surface area contributed by atoms with Gasteiger partial charge in [-0.25, -0.2) is 23.4 Å². The number of likely N-dealkylation sites (N-methyl/N-ethyl adjacent to an activating group) is 1. The van der Waals surface area contributed by atoms with E-state index in [4.69, 9.17) is 19.9 Å². The number of esters is 1. The predicted molar refractivity (Wildman–Crippen MR) is 172 cm³/mol. The number of rotatable bonds is 8. The topological polar surface area (TPSA) is 129 Å². The number of nitrogens with two attached hydrogens (primary N) is 1. The van der Waals surface area contributed by atoms with Gasteiger partial charge in [0.25, 0.3) is 0 Å². The number of nitrogens with zero attached hydrogens (tertiary/aromatic N) is 4. The predicted octanol–water partition coefficient (Wildman–Crippen LogP) is 5.60. The van der Waals surface area contributed by atoms with Gasteiger partial charge in [-0.1, -0.05) is 6.07 Å². The highest BCUT2D eigenvalue weighted by atomic mass is 19.3. The number of benzene rings is 1. The van der Waals surface area contributed by atoms with Gasteiger partial charge in [-0.15, -0.1) is 0 Å². The van der Waals surface area contributed by atoms with Crippen molar-refractivity contribution in [1.29, 1.82) is 0 Å². The largest absolute Gasteiger partial charge is 0.496 e. The molecule has 3 aromatic rings. The van der Waals surface area contributed by atoms with Crippen LogP contribution in [0.3, 0.4) is 0 Å². The van der Waals surface area contributed by atoms with Crippen LogP contribution in [0.2, 0.25) is 0 Å². The van der Waals surface area contributed by atoms with E-state index in [9.17, 15) is 23.2 Å². The van der Waals surface area contributed by atoms with E-state index in [2.05, 4.69) is 9.88 Å². The minimum Gasteiger partial charge on any atom is -0.496 e. The molecule has 1 spiro atoms. The number of primary amides is 1. The van der Waals surface area contributed by atoms with Gasteiger partial charge >= 0.3 is 12.1 Å². The number of ether oxygens (including phenoxy) is 3. The summed E-state index contributed by atoms with van der Waals surface area (Å²) in [7, 11) is 4.48. The number of fused-ring (bicyclic) bond motifs is 1. The smallest absolute Gasteiger partial charge is 0.419 e. The summed E-state index contributed by atoms with van der Waals surface area (Å²) in [4.78, 5) is 45.9. The summed E-state index contributed by atoms with van der Waals surface area (Å²) in [5, 5.41) is 0.798. The molecule has 1 aliphatic carbocycles. The molecule has 5 rings (SSSR count). The fourth-order valence-corrected chi connectivity index (χ4v) is 7.17. The van der Waals surface area contributed by atoms with E-state index < -0.39 is 41.0 Å². The maximum Gasteiger partial charge on any atom is 0.419 e. The first-order chi connectivity index (χ1) is 22.0. The molecule has 47 heavy (non-hydrogen) atoms. The van der Waals surface area contributed by atoms with Crippen LogP contribution in [0.25, 0.3) is 10.9 Å². The zero-order valence-corrected chi connectivity index (χ0v) is 28.0. The van der Waals surface area contributed by atoms with Crippen LogP contribution in [0.1, 0.15) is 79.7 Å². The molecule has 3 heterocycles. The lowest BCUT2D eigenvalue weighted by Gasteiger charge is -2.55. The van der Waals surface area contributed by atoms with Gasteiger partial charge in [0.05, 0.1) is 26.3 Å². The SMILES string of the molecule is COC(=O)c1ccc(C2CC3(CCN2Cc2c(OC)cc(C)c4c2ccn4C(=O)OC(C)(C)C)CC(F)(F)C3)c(N(C)CC(N)=O)n1. The Hall–Kier alpha value is -4.26. The first-order valence-electron chi connectivity index (χ1n) is 15.6. The van der Waals surface area contributed by atoms with Crippen molar-refractivity contribution in [2.24, 2.45) is 11.1 Å². The van der Waals surface area contributed by atoms with E-state index in [0.29, 0.717) is 48.6 Å². The Labute approximate surface area is 272 Å². The lowest BCUT2D eigenvalue weighted by molar-refractivity contribution is -0.186. The summed E-state index contributed by atoms with van der Waals surface area (Å²) in [5.74, 6) is -3.01. The molecule has 254 valence electrons. The van der Waals surface area contributed by atoms with Gasteiger partial charge in [0.1, 0.15) is 17.2 Å². The third-order valence-corrected chi connectivity index (χ3v) is 9.08. The van der Waals surface area contributed by atoms with Crippen molar-refractivity contribution < 1.29 is 37.4 Å². The van der Waals surface area contributed by atoms with Crippen LogP contribution in [0.4, 0.5) is 19.4 Å². The Balaban J connectivity index is 1.61. The molecule has 2 aromatic heterocycles. The second kappa shape index (κ2) is 12.4. The second-order valence-electron chi connectivity index (χ2n) is 13.9. The summed E-state index contributed by atoms with van der Waals surface area (Å²) in [6, 6.07) is 6.61. The number of methoxy groups -OCH3 is 2. The van der Waals surface area contributed by atoms with E-state index in [-0.39, 0.29) is 25.1 Å². The molecule has 0 bridgehead atoms. The average Bonchev–Trinajstić information content (AvgIpc) is 3.42. The van der Waals surface area contributed by atoms with Crippen LogP contribution in [0.5, 0.6) is 5.75 Å². The lowest BCUT2D eigenvalue weighted by Crippen LogP contribution is -2.53. The first-order valence-corrected chi connectivity index (χ1v) is 15.6. The van der Waals surface area contributed by atoms with Gasteiger partial charge < -0.3 is 24.8 Å². The number of aromatic nitrogens is 2. The fourth-order valence-electron chi connectivity index (χ4n) is 7.17. The molecule has 2 N–H and O–H groups in total. The highest BCUT2D eigenvalue weighted by molar-refractivity contribution is 5.95. The van der Waals surface area contributed by atoms with Crippen molar-refractivity contribution in [3.05, 3.63) is 52.8 Å². The molecule has 1 unspecified atom stereocenters. The minimum absolute atomic E-state index is 0.0419. The normalized spacial score (nSPS) is 18.9. The number of halogens is 2. The second-order valence-corrected chi connectivity index (χ2v) is 13.9. The molecule has 2 fully saturated rings. The van der Waals surface area contributed by atoms with Crippen LogP contribution >= 0.6 is 0 Å². The fraction of sp³-hybridized carbons (Fsp3) is 0.529. The van der Waals surface area contributed by atoms with Crippen molar-refractivity contribution in [2.75, 3.05) is 39.3 Å². The van der Waals surface area contributed by atoms with Gasteiger partial charge in [0.15, 0.2) is 5.69 Å². The maximum absolute atomic E-state index is 14.4. The first kappa shape index (κ1) is 34.1. The summed E-state index contributed by atoms with van der Waals surface area (Å²) < 4.78 is 46.6. The Bertz CT molecular complexity index is 1710. The Morgan fingerprint density at radius 1 is 1.15 bits per heavy atom. The van der Waals surface area contributed by atoms with Crippen molar-refractivity contribution >= 4 is 34.7 Å². The number of amides is 1. The summed E-state index contributed by atoms with van der Waals surface area (Å²) >= 11 is 0. The minimum atomic E-state index is -2.72. The number of hydrogen-bond acceptors (Lipinski definition) is 9. The molecule has 1 atom stereocenters. The highest BCUT2D eigenvalue weighted by Crippen LogP contribution is 2.61. The molecule has 1 saturated heterocycles. The number of alkyl halides is 2. The summed E-state index contributed by atoms with van der Waals surface area (Å²) in [6.45, 7) is 7.99. The molecular formula is C34H43F2N5O6. The van der Waals surface area contributed by atoms with Crippen LogP contribution < -0.4 is 15.4 Å². The third-order valence-electron chi connectivity index (χ3n) is 9.08. The molecule has 1 aromatic carbocycles. The Morgan fingerprint density at radius 3 is 2.45 bits per heavy atom. The number of pyridine rings is 1. The highest BCUT2D eigenvalue weighted by Gasteiger charge is 2.58. The zero-order valence-electron chi connectivity index (χ0n) is 28.0. The molecule has 1 saturated carbocycles. The molecule has 0 radical (unpaired) electrons. The Kier molecular flexibility index (Phi) is 8.99. The molecule has 2 aliphatic rings. The number of carbonyl (C=O) groups excluding carboxylic acids is 3. The number of carbonyl (C=O) groups is 3. The lowest BCUT2D eigenvalue weighted by atomic mass is 9.59. The number of anilines is 1. The monoisotopic (exact) mass is 655 g/mol. The van der Waals surface area contributed by atoms with Gasteiger partial charge in [0, 0.05) is 55.2 Å². The van der Waals surface area contributed by atoms with Crippen LogP contribution in [-0.4, -0.2) is 78.3 Å². The van der Waals surface area contributed by atoms with E-state index in [0.717, 1.165) is 16.5 Å². The van der Waals surface area contributed by atoms with Gasteiger partial charge in [-0.05, 0) is 76.3 Å². The van der Waals surface area contributed by atoms with Gasteiger partial charge in [0.2, 0.25) is 11.8 Å². The Morgan fingerprint density at radius 2 is 1.85 bits per heavy atom. The van der Waals surface area contributed by atoms with Crippen molar-refractivity contribution in [1.82, 2.24) is 14.5 Å². The molecule has 1 amide bonds. The van der Waals surface area contributed by atoms with E-state index in [1.165, 1.54) is 11.7 Å². The molecule has 11 nitrogen and oxygen atoms in total. The van der Waals surface area contributed by atoms with Gasteiger partial charge in [-0.2, -0.15) is 0 Å². The number of piperidine rings is 1. The van der Waals surface area contributed by atoms with Crippen molar-refractivity contribution in [3.8, 4) is 5.75 Å². The van der Waals surface area contributed by atoms with Crippen molar-refractivity contribution in [2.45, 2.75) is 77.5 Å². The van der Waals surface area contributed by atoms with Crippen LogP contribution in [0.15, 0.2) is 30.5 Å². The average molecular weight is 656 g/mol. The van der Waals surface area contributed by atoms with Gasteiger partial charge in [-0.3, -0.25) is 14.3 Å².